The average Bonchev–Trinajstić information content (AvgIpc) is 2.68. The second kappa shape index (κ2) is 4.92. The van der Waals surface area contributed by atoms with Gasteiger partial charge in [0, 0.05) is 18.6 Å². The number of rotatable bonds is 3. The highest BCUT2D eigenvalue weighted by Crippen LogP contribution is 2.26. The predicted octanol–water partition coefficient (Wildman–Crippen LogP) is 2.84. The van der Waals surface area contributed by atoms with Crippen molar-refractivity contribution >= 4 is 23.2 Å². The Morgan fingerprint density at radius 3 is 2.94 bits per heavy atom. The highest BCUT2D eigenvalue weighted by atomic mass is 35.5. The first-order chi connectivity index (χ1) is 7.61. The Balaban J connectivity index is 2.02. The molecular weight excluding hydrogens is 243 g/mol. The maximum Gasteiger partial charge on any atom is 0.0637 e. The number of nitrogens with one attached hydrogen (secondary N) is 2. The van der Waals surface area contributed by atoms with Crippen molar-refractivity contribution in [1.82, 2.24) is 10.6 Å². The van der Waals surface area contributed by atoms with Gasteiger partial charge in [0.2, 0.25) is 0 Å². The van der Waals surface area contributed by atoms with Gasteiger partial charge in [0.15, 0.2) is 0 Å². The molecule has 4 heteroatoms. The number of hydrogen-bond donors (Lipinski definition) is 2. The molecule has 0 amide bonds. The van der Waals surface area contributed by atoms with E-state index in [2.05, 4.69) is 17.6 Å². The molecule has 0 saturated carbocycles. The van der Waals surface area contributed by atoms with Crippen LogP contribution in [0.1, 0.15) is 18.9 Å². The average molecular weight is 259 g/mol. The van der Waals surface area contributed by atoms with Crippen molar-refractivity contribution in [2.75, 3.05) is 13.1 Å². The topological polar surface area (TPSA) is 24.1 Å². The first-order valence-corrected chi connectivity index (χ1v) is 6.25. The van der Waals surface area contributed by atoms with Crippen molar-refractivity contribution < 1.29 is 0 Å². The lowest BCUT2D eigenvalue weighted by molar-refractivity contribution is 0.386. The molecule has 0 aromatic heterocycles. The summed E-state index contributed by atoms with van der Waals surface area (Å²) >= 11 is 12.1. The first kappa shape index (κ1) is 12.2. The van der Waals surface area contributed by atoms with Crippen LogP contribution in [0.15, 0.2) is 18.2 Å². The molecule has 1 aromatic rings. The van der Waals surface area contributed by atoms with Gasteiger partial charge < -0.3 is 10.6 Å². The molecule has 1 aliphatic rings. The molecule has 1 heterocycles. The standard InChI is InChI=1S/C12H16Cl2N2/c1-12(5-6-15-8-12)16-7-9-3-2-4-10(13)11(9)14/h2-4,15-16H,5-8H2,1H3. The van der Waals surface area contributed by atoms with E-state index in [1.54, 1.807) is 0 Å². The number of halogens is 2. The van der Waals surface area contributed by atoms with Crippen LogP contribution in [0.5, 0.6) is 0 Å². The predicted molar refractivity (Wildman–Crippen MR) is 69.2 cm³/mol. The Morgan fingerprint density at radius 1 is 1.44 bits per heavy atom. The zero-order valence-corrected chi connectivity index (χ0v) is 10.8. The van der Waals surface area contributed by atoms with Gasteiger partial charge in [-0.15, -0.1) is 0 Å². The van der Waals surface area contributed by atoms with Crippen LogP contribution in [-0.4, -0.2) is 18.6 Å². The van der Waals surface area contributed by atoms with Gasteiger partial charge in [0.1, 0.15) is 0 Å². The highest BCUT2D eigenvalue weighted by molar-refractivity contribution is 6.42. The lowest BCUT2D eigenvalue weighted by Gasteiger charge is -2.25. The molecule has 16 heavy (non-hydrogen) atoms. The van der Waals surface area contributed by atoms with E-state index in [0.717, 1.165) is 31.6 Å². The van der Waals surface area contributed by atoms with Crippen LogP contribution in [0.3, 0.4) is 0 Å². The molecule has 1 aromatic carbocycles. The van der Waals surface area contributed by atoms with Crippen LogP contribution in [0.2, 0.25) is 10.0 Å². The molecule has 2 rings (SSSR count). The Kier molecular flexibility index (Phi) is 3.75. The second-order valence-electron chi connectivity index (χ2n) is 4.55. The molecule has 2 N–H and O–H groups in total. The van der Waals surface area contributed by atoms with Crippen molar-refractivity contribution in [3.63, 3.8) is 0 Å². The van der Waals surface area contributed by atoms with Crippen molar-refractivity contribution in [1.29, 1.82) is 0 Å². The summed E-state index contributed by atoms with van der Waals surface area (Å²) in [5.41, 5.74) is 1.23. The minimum Gasteiger partial charge on any atom is -0.315 e. The molecule has 0 spiro atoms. The van der Waals surface area contributed by atoms with Crippen LogP contribution in [-0.2, 0) is 6.54 Å². The highest BCUT2D eigenvalue weighted by Gasteiger charge is 2.27. The van der Waals surface area contributed by atoms with Gasteiger partial charge in [-0.1, -0.05) is 35.3 Å². The monoisotopic (exact) mass is 258 g/mol. The summed E-state index contributed by atoms with van der Waals surface area (Å²) in [6.45, 7) is 5.07. The fraction of sp³-hybridized carbons (Fsp3) is 0.500. The Hall–Kier alpha value is -0.280. The lowest BCUT2D eigenvalue weighted by atomic mass is 10.0. The minimum absolute atomic E-state index is 0.172. The molecule has 1 atom stereocenters. The Labute approximate surface area is 106 Å². The lowest BCUT2D eigenvalue weighted by Crippen LogP contribution is -2.43. The van der Waals surface area contributed by atoms with E-state index >= 15 is 0 Å². The summed E-state index contributed by atoms with van der Waals surface area (Å²) in [4.78, 5) is 0. The van der Waals surface area contributed by atoms with Gasteiger partial charge in [0.25, 0.3) is 0 Å². The smallest absolute Gasteiger partial charge is 0.0637 e. The van der Waals surface area contributed by atoms with E-state index in [1.165, 1.54) is 0 Å². The van der Waals surface area contributed by atoms with Crippen LogP contribution < -0.4 is 10.6 Å². The van der Waals surface area contributed by atoms with Gasteiger partial charge in [-0.05, 0) is 31.5 Å². The molecular formula is C12H16Cl2N2. The van der Waals surface area contributed by atoms with Gasteiger partial charge in [0.05, 0.1) is 10.0 Å². The third kappa shape index (κ3) is 2.69. The summed E-state index contributed by atoms with van der Waals surface area (Å²) in [6.07, 6.45) is 1.14. The van der Waals surface area contributed by atoms with Gasteiger partial charge in [-0.2, -0.15) is 0 Å². The van der Waals surface area contributed by atoms with Crippen LogP contribution in [0, 0.1) is 0 Å². The van der Waals surface area contributed by atoms with E-state index in [0.29, 0.717) is 10.0 Å². The van der Waals surface area contributed by atoms with E-state index in [4.69, 9.17) is 23.2 Å². The van der Waals surface area contributed by atoms with Gasteiger partial charge >= 0.3 is 0 Å². The summed E-state index contributed by atoms with van der Waals surface area (Å²) in [7, 11) is 0. The molecule has 0 radical (unpaired) electrons. The van der Waals surface area contributed by atoms with Crippen LogP contribution >= 0.6 is 23.2 Å². The maximum absolute atomic E-state index is 6.14. The van der Waals surface area contributed by atoms with Crippen molar-refractivity contribution in [3.8, 4) is 0 Å². The van der Waals surface area contributed by atoms with Crippen LogP contribution in [0.4, 0.5) is 0 Å². The molecule has 1 fully saturated rings. The zero-order chi connectivity index (χ0) is 11.6. The number of hydrogen-bond acceptors (Lipinski definition) is 2. The van der Waals surface area contributed by atoms with Gasteiger partial charge in [-0.3, -0.25) is 0 Å². The summed E-state index contributed by atoms with van der Waals surface area (Å²) in [5.74, 6) is 0. The van der Waals surface area contributed by atoms with Gasteiger partial charge in [-0.25, -0.2) is 0 Å². The Morgan fingerprint density at radius 2 is 2.25 bits per heavy atom. The Bertz CT molecular complexity index is 373. The fourth-order valence-electron chi connectivity index (χ4n) is 1.96. The maximum atomic E-state index is 6.14. The molecule has 0 aliphatic carbocycles. The summed E-state index contributed by atoms with van der Waals surface area (Å²) in [6, 6.07) is 5.75. The van der Waals surface area contributed by atoms with E-state index in [9.17, 15) is 0 Å². The first-order valence-electron chi connectivity index (χ1n) is 5.49. The number of benzene rings is 1. The van der Waals surface area contributed by atoms with Crippen molar-refractivity contribution in [3.05, 3.63) is 33.8 Å². The molecule has 1 aliphatic heterocycles. The van der Waals surface area contributed by atoms with Crippen molar-refractivity contribution in [2.45, 2.75) is 25.4 Å². The molecule has 1 saturated heterocycles. The summed E-state index contributed by atoms with van der Waals surface area (Å²) < 4.78 is 0. The normalized spacial score (nSPS) is 24.9. The van der Waals surface area contributed by atoms with Crippen molar-refractivity contribution in [2.24, 2.45) is 0 Å². The molecule has 2 nitrogen and oxygen atoms in total. The quantitative estimate of drug-likeness (QED) is 0.872. The summed E-state index contributed by atoms with van der Waals surface area (Å²) in [5, 5.41) is 8.17. The minimum atomic E-state index is 0.172. The second-order valence-corrected chi connectivity index (χ2v) is 5.34. The largest absolute Gasteiger partial charge is 0.315 e. The fourth-order valence-corrected chi connectivity index (χ4v) is 2.35. The third-order valence-corrected chi connectivity index (χ3v) is 3.96. The SMILES string of the molecule is CC1(NCc2cccc(Cl)c2Cl)CCNC1. The molecule has 88 valence electrons. The molecule has 0 bridgehead atoms. The van der Waals surface area contributed by atoms with E-state index in [1.807, 2.05) is 18.2 Å². The zero-order valence-electron chi connectivity index (χ0n) is 9.32. The molecule has 1 unspecified atom stereocenters. The van der Waals surface area contributed by atoms with E-state index in [-0.39, 0.29) is 5.54 Å². The van der Waals surface area contributed by atoms with E-state index < -0.39 is 0 Å². The third-order valence-electron chi connectivity index (χ3n) is 3.11. The van der Waals surface area contributed by atoms with Crippen LogP contribution in [0.25, 0.3) is 0 Å².